The molecule has 24 heavy (non-hydrogen) atoms. The molecule has 1 heterocycles. The van der Waals surface area contributed by atoms with Crippen LogP contribution in [-0.2, 0) is 14.3 Å². The van der Waals surface area contributed by atoms with Crippen LogP contribution in [-0.4, -0.2) is 75.4 Å². The van der Waals surface area contributed by atoms with Crippen LogP contribution in [0.5, 0.6) is 0 Å². The third-order valence-corrected chi connectivity index (χ3v) is 4.02. The summed E-state index contributed by atoms with van der Waals surface area (Å²) in [6.45, 7) is 4.91. The minimum atomic E-state index is -1.00. The highest BCUT2D eigenvalue weighted by atomic mass is 16.5. The molecule has 1 unspecified atom stereocenters. The van der Waals surface area contributed by atoms with Gasteiger partial charge in [0.25, 0.3) is 0 Å². The molecule has 3 N–H and O–H groups in total. The minimum absolute atomic E-state index is 0. The Morgan fingerprint density at radius 3 is 2.46 bits per heavy atom. The lowest BCUT2D eigenvalue weighted by molar-refractivity contribution is -0.601. The molecule has 1 aliphatic rings. The SMILES string of the molecule is CCCCCCCC1=[N+](C(C)OCC(=O)O)CCN1CC(=O)O.[OH-]. The van der Waals surface area contributed by atoms with Gasteiger partial charge in [0.1, 0.15) is 19.7 Å². The summed E-state index contributed by atoms with van der Waals surface area (Å²) in [6.07, 6.45) is 6.16. The predicted molar refractivity (Wildman–Crippen MR) is 87.7 cm³/mol. The van der Waals surface area contributed by atoms with E-state index in [1.54, 1.807) is 0 Å². The molecule has 0 bridgehead atoms. The molecule has 0 aromatic rings. The Labute approximate surface area is 143 Å². The van der Waals surface area contributed by atoms with Crippen LogP contribution in [0.3, 0.4) is 0 Å². The summed E-state index contributed by atoms with van der Waals surface area (Å²) < 4.78 is 7.34. The quantitative estimate of drug-likeness (QED) is 0.405. The van der Waals surface area contributed by atoms with E-state index in [2.05, 4.69) is 6.92 Å². The van der Waals surface area contributed by atoms with Crippen LogP contribution in [0.25, 0.3) is 0 Å². The highest BCUT2D eigenvalue weighted by molar-refractivity contribution is 5.83. The number of hydrogen-bond acceptors (Lipinski definition) is 5. The first kappa shape index (κ1) is 22.3. The minimum Gasteiger partial charge on any atom is -0.870 e. The van der Waals surface area contributed by atoms with Crippen molar-refractivity contribution in [2.24, 2.45) is 0 Å². The van der Waals surface area contributed by atoms with Crippen LogP contribution in [0.1, 0.15) is 52.4 Å². The number of carbonyl (C=O) groups is 2. The van der Waals surface area contributed by atoms with E-state index in [4.69, 9.17) is 14.9 Å². The van der Waals surface area contributed by atoms with Crippen molar-refractivity contribution in [3.8, 4) is 0 Å². The van der Waals surface area contributed by atoms with Crippen LogP contribution in [0.2, 0.25) is 0 Å². The molecule has 8 heteroatoms. The second-order valence-electron chi connectivity index (χ2n) is 5.89. The zero-order valence-electron chi connectivity index (χ0n) is 14.6. The first-order valence-corrected chi connectivity index (χ1v) is 8.38. The predicted octanol–water partition coefficient (Wildman–Crippen LogP) is 1.43. The number of unbranched alkanes of at least 4 members (excludes halogenated alkanes) is 4. The molecule has 1 atom stereocenters. The molecule has 140 valence electrons. The zero-order chi connectivity index (χ0) is 17.2. The van der Waals surface area contributed by atoms with E-state index < -0.39 is 11.9 Å². The summed E-state index contributed by atoms with van der Waals surface area (Å²) >= 11 is 0. The fourth-order valence-corrected chi connectivity index (χ4v) is 2.86. The Balaban J connectivity index is 0.00000529. The van der Waals surface area contributed by atoms with E-state index in [-0.39, 0.29) is 24.9 Å². The fraction of sp³-hybridized carbons (Fsp3) is 0.812. The van der Waals surface area contributed by atoms with Gasteiger partial charge >= 0.3 is 11.9 Å². The number of carboxylic acid groups (broad SMARTS) is 2. The van der Waals surface area contributed by atoms with E-state index in [1.807, 2.05) is 16.4 Å². The maximum atomic E-state index is 11.0. The molecule has 0 saturated carbocycles. The highest BCUT2D eigenvalue weighted by Crippen LogP contribution is 2.13. The maximum Gasteiger partial charge on any atom is 0.345 e. The van der Waals surface area contributed by atoms with Gasteiger partial charge in [-0.25, -0.2) is 14.2 Å². The van der Waals surface area contributed by atoms with Gasteiger partial charge in [-0.3, -0.25) is 4.90 Å². The van der Waals surface area contributed by atoms with Gasteiger partial charge in [0.15, 0.2) is 12.8 Å². The Morgan fingerprint density at radius 1 is 1.21 bits per heavy atom. The zero-order valence-corrected chi connectivity index (χ0v) is 14.6. The van der Waals surface area contributed by atoms with Crippen molar-refractivity contribution < 1.29 is 34.6 Å². The number of carboxylic acids is 2. The first-order valence-electron chi connectivity index (χ1n) is 8.38. The topological polar surface area (TPSA) is 120 Å². The van der Waals surface area contributed by atoms with Crippen molar-refractivity contribution in [2.45, 2.75) is 58.6 Å². The number of rotatable bonds is 12. The molecule has 0 spiro atoms. The molecular weight excluding hydrogens is 316 g/mol. The number of amidine groups is 1. The lowest BCUT2D eigenvalue weighted by atomic mass is 10.1. The molecule has 8 nitrogen and oxygen atoms in total. The number of aliphatic carboxylic acids is 2. The van der Waals surface area contributed by atoms with Gasteiger partial charge < -0.3 is 20.4 Å². The Morgan fingerprint density at radius 2 is 1.88 bits per heavy atom. The lowest BCUT2D eigenvalue weighted by Crippen LogP contribution is -2.36. The van der Waals surface area contributed by atoms with Crippen molar-refractivity contribution in [3.05, 3.63) is 0 Å². The van der Waals surface area contributed by atoms with Crippen molar-refractivity contribution in [3.63, 3.8) is 0 Å². The Hall–Kier alpha value is -1.67. The van der Waals surface area contributed by atoms with Gasteiger partial charge in [0, 0.05) is 13.3 Å². The molecule has 0 radical (unpaired) electrons. The standard InChI is InChI=1S/C16H28N2O5.H2O/c1-3-4-5-6-7-8-14-17(11-15(19)20)9-10-18(14)13(2)23-12-16(21)22;/h13H,3-12H2,1-2H3,(H-,19,20,21,22);1H2. The molecular formula is C16H30N2O6. The van der Waals surface area contributed by atoms with Crippen molar-refractivity contribution in [1.29, 1.82) is 0 Å². The summed E-state index contributed by atoms with van der Waals surface area (Å²) in [5.74, 6) is -0.893. The fourth-order valence-electron chi connectivity index (χ4n) is 2.86. The molecule has 0 amide bonds. The normalized spacial score (nSPS) is 15.3. The van der Waals surface area contributed by atoms with Gasteiger partial charge in [-0.05, 0) is 6.42 Å². The first-order chi connectivity index (χ1) is 11.0. The average Bonchev–Trinajstić information content (AvgIpc) is 2.86. The van der Waals surface area contributed by atoms with Crippen LogP contribution in [0.15, 0.2) is 0 Å². The van der Waals surface area contributed by atoms with Crippen LogP contribution in [0, 0.1) is 0 Å². The summed E-state index contributed by atoms with van der Waals surface area (Å²) in [6, 6.07) is 0. The Bertz CT molecular complexity index is 438. The average molecular weight is 346 g/mol. The molecule has 0 fully saturated rings. The number of nitrogens with zero attached hydrogens (tertiary/aromatic N) is 2. The van der Waals surface area contributed by atoms with Crippen molar-refractivity contribution in [2.75, 3.05) is 26.2 Å². The number of ether oxygens (including phenoxy) is 1. The van der Waals surface area contributed by atoms with Gasteiger partial charge in [-0.2, -0.15) is 0 Å². The van der Waals surface area contributed by atoms with E-state index in [0.29, 0.717) is 13.1 Å². The van der Waals surface area contributed by atoms with E-state index >= 15 is 0 Å². The van der Waals surface area contributed by atoms with Crippen LogP contribution >= 0.6 is 0 Å². The molecule has 0 aliphatic carbocycles. The summed E-state index contributed by atoms with van der Waals surface area (Å²) in [7, 11) is 0. The van der Waals surface area contributed by atoms with E-state index in [9.17, 15) is 9.59 Å². The monoisotopic (exact) mass is 346 g/mol. The van der Waals surface area contributed by atoms with Crippen molar-refractivity contribution >= 4 is 17.8 Å². The molecule has 1 rings (SSSR count). The molecule has 0 aromatic carbocycles. The third-order valence-electron chi connectivity index (χ3n) is 4.02. The van der Waals surface area contributed by atoms with E-state index in [0.717, 1.165) is 25.1 Å². The Kier molecular flexibility index (Phi) is 11.0. The summed E-state index contributed by atoms with van der Waals surface area (Å²) in [5, 5.41) is 17.8. The summed E-state index contributed by atoms with van der Waals surface area (Å²) in [5.41, 5.74) is 0. The second kappa shape index (κ2) is 11.8. The van der Waals surface area contributed by atoms with Gasteiger partial charge in [-0.15, -0.1) is 0 Å². The smallest absolute Gasteiger partial charge is 0.345 e. The van der Waals surface area contributed by atoms with Gasteiger partial charge in [0.05, 0.1) is 0 Å². The lowest BCUT2D eigenvalue weighted by Gasteiger charge is -2.15. The third kappa shape index (κ3) is 7.74. The molecule has 1 aliphatic heterocycles. The largest absolute Gasteiger partial charge is 0.870 e. The highest BCUT2D eigenvalue weighted by Gasteiger charge is 2.34. The van der Waals surface area contributed by atoms with E-state index in [1.165, 1.54) is 19.3 Å². The molecule has 0 aromatic heterocycles. The van der Waals surface area contributed by atoms with Gasteiger partial charge in [0.2, 0.25) is 5.84 Å². The molecule has 0 saturated heterocycles. The van der Waals surface area contributed by atoms with Gasteiger partial charge in [-0.1, -0.05) is 32.6 Å². The maximum absolute atomic E-state index is 11.0. The van der Waals surface area contributed by atoms with Crippen LogP contribution in [0.4, 0.5) is 0 Å². The summed E-state index contributed by atoms with van der Waals surface area (Å²) in [4.78, 5) is 23.5. The van der Waals surface area contributed by atoms with Crippen molar-refractivity contribution in [1.82, 2.24) is 4.90 Å². The van der Waals surface area contributed by atoms with Crippen LogP contribution < -0.4 is 0 Å². The number of hydrogen-bond donors (Lipinski definition) is 2. The second-order valence-corrected chi connectivity index (χ2v) is 5.89.